The Hall–Kier alpha value is -0.840. The molecule has 5 heteroatoms. The molecule has 4 nitrogen and oxygen atoms in total. The van der Waals surface area contributed by atoms with Crippen molar-refractivity contribution < 1.29 is 13.9 Å². The van der Waals surface area contributed by atoms with Gasteiger partial charge in [-0.15, -0.1) is 0 Å². The number of rotatable bonds is 1. The maximum absolute atomic E-state index is 12.9. The highest BCUT2D eigenvalue weighted by molar-refractivity contribution is 5.68. The van der Waals surface area contributed by atoms with E-state index in [1.807, 2.05) is 0 Å². The molecule has 1 saturated carbocycles. The Kier molecular flexibility index (Phi) is 2.11. The number of likely N-dealkylation sites (tertiary alicyclic amines) is 1. The molecule has 0 aromatic heterocycles. The second-order valence-electron chi connectivity index (χ2n) is 3.67. The molecular formula is C8H13FN2O2. The second kappa shape index (κ2) is 3.14. The van der Waals surface area contributed by atoms with Gasteiger partial charge in [-0.05, 0) is 12.8 Å². The Balaban J connectivity index is 1.83. The van der Waals surface area contributed by atoms with Crippen LogP contribution in [0.25, 0.3) is 0 Å². The summed E-state index contributed by atoms with van der Waals surface area (Å²) in [5.41, 5.74) is 5.43. The first kappa shape index (κ1) is 8.74. The standard InChI is InChI=1S/C8H13FN2O2/c9-6-3-11(4-7(6)10)8(12)13-5-1-2-5/h5-7H,1-4,10H2/t6-,7-/m0/s1. The lowest BCUT2D eigenvalue weighted by molar-refractivity contribution is 0.101. The van der Waals surface area contributed by atoms with Crippen molar-refractivity contribution in [2.24, 2.45) is 5.73 Å². The van der Waals surface area contributed by atoms with Gasteiger partial charge in [-0.2, -0.15) is 0 Å². The normalized spacial score (nSPS) is 33.5. The van der Waals surface area contributed by atoms with Crippen molar-refractivity contribution >= 4 is 6.09 Å². The molecule has 2 rings (SSSR count). The van der Waals surface area contributed by atoms with E-state index in [1.165, 1.54) is 4.90 Å². The van der Waals surface area contributed by atoms with Crippen molar-refractivity contribution in [1.29, 1.82) is 0 Å². The number of nitrogens with two attached hydrogens (primary N) is 1. The fraction of sp³-hybridized carbons (Fsp3) is 0.875. The number of ether oxygens (including phenoxy) is 1. The zero-order chi connectivity index (χ0) is 9.42. The first-order valence-electron chi connectivity index (χ1n) is 4.52. The van der Waals surface area contributed by atoms with Crippen molar-refractivity contribution in [3.8, 4) is 0 Å². The molecule has 1 amide bonds. The Bertz CT molecular complexity index is 210. The molecule has 2 fully saturated rings. The predicted molar refractivity (Wildman–Crippen MR) is 43.9 cm³/mol. The molecule has 0 aromatic carbocycles. The van der Waals surface area contributed by atoms with Crippen molar-refractivity contribution in [3.05, 3.63) is 0 Å². The highest BCUT2D eigenvalue weighted by atomic mass is 19.1. The summed E-state index contributed by atoms with van der Waals surface area (Å²) in [5, 5.41) is 0. The van der Waals surface area contributed by atoms with Crippen LogP contribution >= 0.6 is 0 Å². The second-order valence-corrected chi connectivity index (χ2v) is 3.67. The number of carbonyl (C=O) groups excluding carboxylic acids is 1. The van der Waals surface area contributed by atoms with E-state index in [1.54, 1.807) is 0 Å². The van der Waals surface area contributed by atoms with Gasteiger partial charge >= 0.3 is 6.09 Å². The van der Waals surface area contributed by atoms with Gasteiger partial charge < -0.3 is 15.4 Å². The predicted octanol–water partition coefficient (Wildman–Crippen LogP) is 0.266. The minimum Gasteiger partial charge on any atom is -0.446 e. The molecule has 2 aliphatic rings. The van der Waals surface area contributed by atoms with Gasteiger partial charge in [-0.25, -0.2) is 9.18 Å². The molecule has 1 aliphatic heterocycles. The molecule has 0 unspecified atom stereocenters. The van der Waals surface area contributed by atoms with Gasteiger partial charge in [0.25, 0.3) is 0 Å². The molecule has 0 aromatic rings. The van der Waals surface area contributed by atoms with Crippen molar-refractivity contribution in [2.45, 2.75) is 31.2 Å². The Morgan fingerprint density at radius 2 is 2.15 bits per heavy atom. The van der Waals surface area contributed by atoms with Gasteiger partial charge in [0.1, 0.15) is 12.3 Å². The van der Waals surface area contributed by atoms with Crippen molar-refractivity contribution in [2.75, 3.05) is 13.1 Å². The topological polar surface area (TPSA) is 55.6 Å². The van der Waals surface area contributed by atoms with E-state index in [-0.39, 0.29) is 19.2 Å². The quantitative estimate of drug-likeness (QED) is 0.642. The molecule has 1 aliphatic carbocycles. The maximum atomic E-state index is 12.9. The van der Waals surface area contributed by atoms with Crippen LogP contribution in [-0.2, 0) is 4.74 Å². The number of alkyl halides is 1. The summed E-state index contributed by atoms with van der Waals surface area (Å²) >= 11 is 0. The SMILES string of the molecule is N[C@H]1CN(C(=O)OC2CC2)C[C@@H]1F. The largest absolute Gasteiger partial charge is 0.446 e. The van der Waals surface area contributed by atoms with Crippen LogP contribution in [0.4, 0.5) is 9.18 Å². The van der Waals surface area contributed by atoms with E-state index in [4.69, 9.17) is 10.5 Å². The number of nitrogens with zero attached hydrogens (tertiary/aromatic N) is 1. The van der Waals surface area contributed by atoms with Gasteiger partial charge in [0.15, 0.2) is 0 Å². The number of hydrogen-bond donors (Lipinski definition) is 1. The lowest BCUT2D eigenvalue weighted by Crippen LogP contribution is -2.33. The third kappa shape index (κ3) is 1.91. The summed E-state index contributed by atoms with van der Waals surface area (Å²) in [5.74, 6) is 0. The highest BCUT2D eigenvalue weighted by Gasteiger charge is 2.36. The average Bonchev–Trinajstić information content (AvgIpc) is 2.81. The van der Waals surface area contributed by atoms with E-state index in [2.05, 4.69) is 0 Å². The number of hydrogen-bond acceptors (Lipinski definition) is 3. The lowest BCUT2D eigenvalue weighted by Gasteiger charge is -2.14. The molecular weight excluding hydrogens is 175 g/mol. The highest BCUT2D eigenvalue weighted by Crippen LogP contribution is 2.25. The Labute approximate surface area is 75.8 Å². The van der Waals surface area contributed by atoms with E-state index < -0.39 is 18.3 Å². The van der Waals surface area contributed by atoms with Gasteiger partial charge in [0.05, 0.1) is 12.6 Å². The van der Waals surface area contributed by atoms with Gasteiger partial charge in [-0.3, -0.25) is 0 Å². The van der Waals surface area contributed by atoms with Crippen LogP contribution < -0.4 is 5.73 Å². The number of amides is 1. The molecule has 13 heavy (non-hydrogen) atoms. The van der Waals surface area contributed by atoms with Crippen LogP contribution in [-0.4, -0.2) is 42.4 Å². The summed E-state index contributed by atoms with van der Waals surface area (Å²) in [4.78, 5) is 12.6. The Morgan fingerprint density at radius 3 is 2.62 bits per heavy atom. The van der Waals surface area contributed by atoms with Gasteiger partial charge in [-0.1, -0.05) is 0 Å². The van der Waals surface area contributed by atoms with Crippen LogP contribution in [0.5, 0.6) is 0 Å². The van der Waals surface area contributed by atoms with Crippen LogP contribution in [0.3, 0.4) is 0 Å². The zero-order valence-corrected chi connectivity index (χ0v) is 7.28. The van der Waals surface area contributed by atoms with Crippen molar-refractivity contribution in [1.82, 2.24) is 4.90 Å². The fourth-order valence-electron chi connectivity index (χ4n) is 1.34. The first-order chi connectivity index (χ1) is 6.16. The van der Waals surface area contributed by atoms with Gasteiger partial charge in [0.2, 0.25) is 0 Å². The smallest absolute Gasteiger partial charge is 0.410 e. The zero-order valence-electron chi connectivity index (χ0n) is 7.28. The van der Waals surface area contributed by atoms with E-state index in [9.17, 15) is 9.18 Å². The molecule has 0 spiro atoms. The van der Waals surface area contributed by atoms with E-state index >= 15 is 0 Å². The van der Waals surface area contributed by atoms with E-state index in [0.29, 0.717) is 0 Å². The maximum Gasteiger partial charge on any atom is 0.410 e. The molecule has 74 valence electrons. The molecule has 0 bridgehead atoms. The minimum atomic E-state index is -1.10. The monoisotopic (exact) mass is 188 g/mol. The molecule has 1 saturated heterocycles. The number of carbonyl (C=O) groups is 1. The summed E-state index contributed by atoms with van der Waals surface area (Å²) in [6, 6.07) is -0.549. The first-order valence-corrected chi connectivity index (χ1v) is 4.52. The minimum absolute atomic E-state index is 0.0717. The molecule has 0 radical (unpaired) electrons. The van der Waals surface area contributed by atoms with Crippen LogP contribution in [0.2, 0.25) is 0 Å². The van der Waals surface area contributed by atoms with Gasteiger partial charge in [0, 0.05) is 6.54 Å². The van der Waals surface area contributed by atoms with Crippen LogP contribution in [0.15, 0.2) is 0 Å². The van der Waals surface area contributed by atoms with Crippen LogP contribution in [0.1, 0.15) is 12.8 Å². The fourth-order valence-corrected chi connectivity index (χ4v) is 1.34. The van der Waals surface area contributed by atoms with Crippen LogP contribution in [0, 0.1) is 0 Å². The summed E-state index contributed by atoms with van der Waals surface area (Å²) in [6.07, 6.45) is 0.419. The molecule has 2 N–H and O–H groups in total. The molecule has 2 atom stereocenters. The summed E-state index contributed by atoms with van der Waals surface area (Å²) < 4.78 is 17.9. The van der Waals surface area contributed by atoms with E-state index in [0.717, 1.165) is 12.8 Å². The third-order valence-corrected chi connectivity index (χ3v) is 2.34. The summed E-state index contributed by atoms with van der Waals surface area (Å²) in [7, 11) is 0. The number of halogens is 1. The lowest BCUT2D eigenvalue weighted by atomic mass is 10.3. The Morgan fingerprint density at radius 1 is 1.46 bits per heavy atom. The summed E-state index contributed by atoms with van der Waals surface area (Å²) in [6.45, 7) is 0.347. The average molecular weight is 188 g/mol. The van der Waals surface area contributed by atoms with Crippen molar-refractivity contribution in [3.63, 3.8) is 0 Å². The third-order valence-electron chi connectivity index (χ3n) is 2.34. The molecule has 1 heterocycles.